The monoisotopic (exact) mass is 353 g/mol. The predicted molar refractivity (Wildman–Crippen MR) is 96.1 cm³/mol. The van der Waals surface area contributed by atoms with Gasteiger partial charge in [0.25, 0.3) is 5.91 Å². The number of benzene rings is 2. The lowest BCUT2D eigenvalue weighted by Gasteiger charge is -2.16. The molecule has 0 spiro atoms. The first-order valence-electron chi connectivity index (χ1n) is 8.28. The fourth-order valence-electron chi connectivity index (χ4n) is 2.52. The molecule has 0 aliphatic carbocycles. The molecule has 0 saturated heterocycles. The molecule has 2 aromatic carbocycles. The van der Waals surface area contributed by atoms with Crippen molar-refractivity contribution in [1.82, 2.24) is 14.7 Å². The summed E-state index contributed by atoms with van der Waals surface area (Å²) in [6, 6.07) is 15.8. The Hall–Kier alpha value is -3.15. The SMILES string of the molecule is CN(Cc1cnn(Cc2ccccc2)c1)C(=O)COc1cccc(F)c1. The minimum atomic E-state index is -0.394. The van der Waals surface area contributed by atoms with Crippen LogP contribution < -0.4 is 4.74 Å². The first kappa shape index (κ1) is 17.7. The van der Waals surface area contributed by atoms with Gasteiger partial charge in [-0.05, 0) is 17.7 Å². The van der Waals surface area contributed by atoms with Gasteiger partial charge in [0.2, 0.25) is 0 Å². The zero-order valence-electron chi connectivity index (χ0n) is 14.5. The maximum Gasteiger partial charge on any atom is 0.260 e. The third-order valence-corrected chi connectivity index (χ3v) is 3.88. The van der Waals surface area contributed by atoms with Crippen molar-refractivity contribution in [2.45, 2.75) is 13.1 Å². The zero-order valence-corrected chi connectivity index (χ0v) is 14.5. The second-order valence-corrected chi connectivity index (χ2v) is 6.03. The molecule has 0 fully saturated rings. The van der Waals surface area contributed by atoms with Gasteiger partial charge >= 0.3 is 0 Å². The predicted octanol–water partition coefficient (Wildman–Crippen LogP) is 3.11. The molecule has 1 heterocycles. The van der Waals surface area contributed by atoms with Gasteiger partial charge in [-0.25, -0.2) is 4.39 Å². The van der Waals surface area contributed by atoms with E-state index in [2.05, 4.69) is 5.10 Å². The van der Waals surface area contributed by atoms with Gasteiger partial charge in [-0.3, -0.25) is 9.48 Å². The molecule has 0 aliphatic rings. The number of aromatic nitrogens is 2. The summed E-state index contributed by atoms with van der Waals surface area (Å²) in [5.41, 5.74) is 2.10. The van der Waals surface area contributed by atoms with Crippen molar-refractivity contribution in [3.63, 3.8) is 0 Å². The Morgan fingerprint density at radius 1 is 1.15 bits per heavy atom. The summed E-state index contributed by atoms with van der Waals surface area (Å²) in [5.74, 6) is -0.248. The maximum absolute atomic E-state index is 13.1. The number of ether oxygens (including phenoxy) is 1. The summed E-state index contributed by atoms with van der Waals surface area (Å²) in [7, 11) is 1.70. The molecule has 0 atom stereocenters. The number of likely N-dealkylation sites (N-methyl/N-ethyl adjacent to an activating group) is 1. The summed E-state index contributed by atoms with van der Waals surface area (Å²) >= 11 is 0. The van der Waals surface area contributed by atoms with Crippen molar-refractivity contribution < 1.29 is 13.9 Å². The highest BCUT2D eigenvalue weighted by molar-refractivity contribution is 5.77. The lowest BCUT2D eigenvalue weighted by Crippen LogP contribution is -2.30. The van der Waals surface area contributed by atoms with Crippen LogP contribution >= 0.6 is 0 Å². The Morgan fingerprint density at radius 2 is 1.96 bits per heavy atom. The molecule has 0 N–H and O–H groups in total. The van der Waals surface area contributed by atoms with Crippen LogP contribution in [-0.4, -0.2) is 34.2 Å². The Kier molecular flexibility index (Phi) is 5.63. The molecule has 0 unspecified atom stereocenters. The summed E-state index contributed by atoms with van der Waals surface area (Å²) in [5, 5.41) is 4.33. The highest BCUT2D eigenvalue weighted by Crippen LogP contribution is 2.12. The van der Waals surface area contributed by atoms with Crippen LogP contribution in [-0.2, 0) is 17.9 Å². The number of carbonyl (C=O) groups excluding carboxylic acids is 1. The molecular weight excluding hydrogens is 333 g/mol. The third kappa shape index (κ3) is 4.92. The van der Waals surface area contributed by atoms with Crippen LogP contribution in [0.1, 0.15) is 11.1 Å². The smallest absolute Gasteiger partial charge is 0.260 e. The fraction of sp³-hybridized carbons (Fsp3) is 0.200. The number of nitrogens with zero attached hydrogens (tertiary/aromatic N) is 3. The first-order valence-corrected chi connectivity index (χ1v) is 8.28. The lowest BCUT2D eigenvalue weighted by atomic mass is 10.2. The fourth-order valence-corrected chi connectivity index (χ4v) is 2.52. The normalized spacial score (nSPS) is 10.5. The zero-order chi connectivity index (χ0) is 18.4. The van der Waals surface area contributed by atoms with E-state index >= 15 is 0 Å². The van der Waals surface area contributed by atoms with Gasteiger partial charge in [-0.15, -0.1) is 0 Å². The second kappa shape index (κ2) is 8.29. The molecule has 0 saturated carbocycles. The highest BCUT2D eigenvalue weighted by Gasteiger charge is 2.12. The van der Waals surface area contributed by atoms with E-state index in [4.69, 9.17) is 4.74 Å². The molecule has 1 aromatic heterocycles. The van der Waals surface area contributed by atoms with Crippen molar-refractivity contribution >= 4 is 5.91 Å². The van der Waals surface area contributed by atoms with E-state index in [-0.39, 0.29) is 12.5 Å². The molecule has 3 aromatic rings. The standard InChI is InChI=1S/C20H20FN3O2/c1-23(20(25)15-26-19-9-5-8-18(21)10-19)12-17-11-22-24(14-17)13-16-6-3-2-4-7-16/h2-11,14H,12-13,15H2,1H3. The molecule has 0 bridgehead atoms. The quantitative estimate of drug-likeness (QED) is 0.656. The van der Waals surface area contributed by atoms with E-state index in [1.54, 1.807) is 30.3 Å². The molecule has 3 rings (SSSR count). The van der Waals surface area contributed by atoms with Crippen LogP contribution in [0.5, 0.6) is 5.75 Å². The highest BCUT2D eigenvalue weighted by atomic mass is 19.1. The van der Waals surface area contributed by atoms with E-state index in [9.17, 15) is 9.18 Å². The summed E-state index contributed by atoms with van der Waals surface area (Å²) in [6.45, 7) is 0.972. The molecule has 6 heteroatoms. The lowest BCUT2D eigenvalue weighted by molar-refractivity contribution is -0.132. The average Bonchev–Trinajstić information content (AvgIpc) is 3.07. The molecular formula is C20H20FN3O2. The van der Waals surface area contributed by atoms with E-state index < -0.39 is 5.82 Å². The van der Waals surface area contributed by atoms with Gasteiger partial charge in [0.15, 0.2) is 6.61 Å². The molecule has 0 radical (unpaired) electrons. The van der Waals surface area contributed by atoms with E-state index in [1.165, 1.54) is 12.1 Å². The van der Waals surface area contributed by atoms with Crippen molar-refractivity contribution in [3.8, 4) is 5.75 Å². The van der Waals surface area contributed by atoms with E-state index in [1.807, 2.05) is 41.2 Å². The summed E-state index contributed by atoms with van der Waals surface area (Å²) in [6.07, 6.45) is 3.67. The minimum absolute atomic E-state index is 0.141. The van der Waals surface area contributed by atoms with Crippen LogP contribution in [0.4, 0.5) is 4.39 Å². The Morgan fingerprint density at radius 3 is 2.73 bits per heavy atom. The largest absolute Gasteiger partial charge is 0.484 e. The molecule has 5 nitrogen and oxygen atoms in total. The van der Waals surface area contributed by atoms with Crippen LogP contribution in [0, 0.1) is 5.82 Å². The second-order valence-electron chi connectivity index (χ2n) is 6.03. The van der Waals surface area contributed by atoms with Crippen LogP contribution in [0.25, 0.3) is 0 Å². The average molecular weight is 353 g/mol. The molecule has 0 aliphatic heterocycles. The van der Waals surface area contributed by atoms with Gasteiger partial charge in [-0.2, -0.15) is 5.10 Å². The van der Waals surface area contributed by atoms with Crippen molar-refractivity contribution in [2.24, 2.45) is 0 Å². The van der Waals surface area contributed by atoms with Crippen LogP contribution in [0.2, 0.25) is 0 Å². The number of rotatable bonds is 7. The van der Waals surface area contributed by atoms with Crippen molar-refractivity contribution in [3.05, 3.63) is 83.9 Å². The van der Waals surface area contributed by atoms with Gasteiger partial charge in [-0.1, -0.05) is 36.4 Å². The van der Waals surface area contributed by atoms with Gasteiger partial charge < -0.3 is 9.64 Å². The Balaban J connectivity index is 1.51. The number of hydrogen-bond acceptors (Lipinski definition) is 3. The maximum atomic E-state index is 13.1. The summed E-state index contributed by atoms with van der Waals surface area (Å²) in [4.78, 5) is 13.7. The molecule has 134 valence electrons. The topological polar surface area (TPSA) is 47.4 Å². The van der Waals surface area contributed by atoms with Crippen molar-refractivity contribution in [2.75, 3.05) is 13.7 Å². The van der Waals surface area contributed by atoms with Crippen LogP contribution in [0.15, 0.2) is 67.0 Å². The first-order chi connectivity index (χ1) is 12.6. The molecule has 26 heavy (non-hydrogen) atoms. The van der Waals surface area contributed by atoms with Gasteiger partial charge in [0, 0.05) is 31.4 Å². The number of amides is 1. The van der Waals surface area contributed by atoms with E-state index in [0.717, 1.165) is 11.1 Å². The van der Waals surface area contributed by atoms with Gasteiger partial charge in [0.1, 0.15) is 11.6 Å². The minimum Gasteiger partial charge on any atom is -0.484 e. The summed E-state index contributed by atoms with van der Waals surface area (Å²) < 4.78 is 20.3. The van der Waals surface area contributed by atoms with Crippen LogP contribution in [0.3, 0.4) is 0 Å². The number of halogens is 1. The van der Waals surface area contributed by atoms with Gasteiger partial charge in [0.05, 0.1) is 12.7 Å². The molecule has 1 amide bonds. The number of carbonyl (C=O) groups is 1. The third-order valence-electron chi connectivity index (χ3n) is 3.88. The van der Waals surface area contributed by atoms with E-state index in [0.29, 0.717) is 18.8 Å². The van der Waals surface area contributed by atoms with Crippen molar-refractivity contribution in [1.29, 1.82) is 0 Å². The Labute approximate surface area is 151 Å². The number of hydrogen-bond donors (Lipinski definition) is 0. The Bertz CT molecular complexity index is 864.